The average molecular weight is 677 g/mol. The molecule has 1 fully saturated rings. The second kappa shape index (κ2) is 15.7. The van der Waals surface area contributed by atoms with Crippen LogP contribution in [0.2, 0.25) is 10.0 Å². The van der Waals surface area contributed by atoms with E-state index in [0.717, 1.165) is 36.4 Å². The first kappa shape index (κ1) is 34.4. The molecule has 2 amide bonds. The molecular formula is C33H39Cl2N3O6S. The predicted molar refractivity (Wildman–Crippen MR) is 177 cm³/mol. The van der Waals surface area contributed by atoms with Crippen molar-refractivity contribution in [3.63, 3.8) is 0 Å². The van der Waals surface area contributed by atoms with Gasteiger partial charge in [0.2, 0.25) is 11.8 Å². The first-order valence-corrected chi connectivity index (χ1v) is 17.1. The molecule has 1 saturated carbocycles. The lowest BCUT2D eigenvalue weighted by Gasteiger charge is -2.34. The van der Waals surface area contributed by atoms with Gasteiger partial charge >= 0.3 is 0 Å². The van der Waals surface area contributed by atoms with Crippen LogP contribution in [0, 0.1) is 0 Å². The number of hydrogen-bond acceptors (Lipinski definition) is 6. The minimum Gasteiger partial charge on any atom is -0.493 e. The lowest BCUT2D eigenvalue weighted by molar-refractivity contribution is -0.140. The van der Waals surface area contributed by atoms with Gasteiger partial charge in [-0.15, -0.1) is 0 Å². The van der Waals surface area contributed by atoms with Crippen molar-refractivity contribution in [1.82, 2.24) is 10.2 Å². The Hall–Kier alpha value is -3.47. The Labute approximate surface area is 275 Å². The Morgan fingerprint density at radius 1 is 0.911 bits per heavy atom. The molecule has 9 nitrogen and oxygen atoms in total. The summed E-state index contributed by atoms with van der Waals surface area (Å²) in [5.74, 6) is -0.311. The number of ether oxygens (including phenoxy) is 2. The van der Waals surface area contributed by atoms with E-state index in [2.05, 4.69) is 5.32 Å². The summed E-state index contributed by atoms with van der Waals surface area (Å²) in [6.07, 6.45) is 5.22. The maximum Gasteiger partial charge on any atom is 0.264 e. The van der Waals surface area contributed by atoms with Gasteiger partial charge in [0.15, 0.2) is 11.5 Å². The lowest BCUT2D eigenvalue weighted by atomic mass is 9.95. The minimum atomic E-state index is -4.31. The van der Waals surface area contributed by atoms with Crippen LogP contribution >= 0.6 is 23.2 Å². The maximum absolute atomic E-state index is 14.4. The van der Waals surface area contributed by atoms with Crippen LogP contribution in [0.5, 0.6) is 11.5 Å². The highest BCUT2D eigenvalue weighted by Gasteiger charge is 2.35. The third-order valence-corrected chi connectivity index (χ3v) is 10.5. The van der Waals surface area contributed by atoms with Gasteiger partial charge in [0.25, 0.3) is 10.0 Å². The van der Waals surface area contributed by atoms with Gasteiger partial charge in [-0.3, -0.25) is 13.9 Å². The molecule has 242 valence electrons. The number of carbonyl (C=O) groups is 2. The third kappa shape index (κ3) is 8.23. The molecule has 1 atom stereocenters. The van der Waals surface area contributed by atoms with Gasteiger partial charge in [0, 0.05) is 34.3 Å². The second-order valence-corrected chi connectivity index (χ2v) is 13.5. The van der Waals surface area contributed by atoms with E-state index in [1.54, 1.807) is 48.5 Å². The molecule has 0 aliphatic heterocycles. The fourth-order valence-corrected chi connectivity index (χ4v) is 7.49. The molecule has 0 saturated heterocycles. The van der Waals surface area contributed by atoms with Crippen molar-refractivity contribution in [3.8, 4) is 11.5 Å². The number of anilines is 1. The number of halogens is 2. The summed E-state index contributed by atoms with van der Waals surface area (Å²) in [5, 5.41) is 3.80. The van der Waals surface area contributed by atoms with E-state index in [0.29, 0.717) is 27.8 Å². The van der Waals surface area contributed by atoms with E-state index < -0.39 is 28.5 Å². The average Bonchev–Trinajstić information content (AvgIpc) is 3.05. The van der Waals surface area contributed by atoms with Crippen molar-refractivity contribution in [2.24, 2.45) is 0 Å². The van der Waals surface area contributed by atoms with Gasteiger partial charge in [0.05, 0.1) is 24.8 Å². The summed E-state index contributed by atoms with van der Waals surface area (Å²) in [5.41, 5.74) is 0.739. The van der Waals surface area contributed by atoms with Crippen molar-refractivity contribution in [1.29, 1.82) is 0 Å². The number of para-hydroxylation sites is 1. The molecule has 1 N–H and O–H groups in total. The predicted octanol–water partition coefficient (Wildman–Crippen LogP) is 6.46. The monoisotopic (exact) mass is 675 g/mol. The fraction of sp³-hybridized carbons (Fsp3) is 0.394. The third-order valence-electron chi connectivity index (χ3n) is 7.99. The Morgan fingerprint density at radius 3 is 2.16 bits per heavy atom. The summed E-state index contributed by atoms with van der Waals surface area (Å²) < 4.78 is 40.1. The van der Waals surface area contributed by atoms with Crippen LogP contribution in [0.25, 0.3) is 0 Å². The van der Waals surface area contributed by atoms with E-state index in [9.17, 15) is 18.0 Å². The number of benzene rings is 3. The summed E-state index contributed by atoms with van der Waals surface area (Å²) in [7, 11) is -1.44. The normalized spacial score (nSPS) is 14.3. The number of amides is 2. The van der Waals surface area contributed by atoms with Crippen molar-refractivity contribution in [2.45, 2.75) is 69.0 Å². The number of methoxy groups -OCH3 is 2. The number of nitrogens with zero attached hydrogens (tertiary/aromatic N) is 2. The van der Waals surface area contributed by atoms with Crippen molar-refractivity contribution < 1.29 is 27.5 Å². The Bertz CT molecular complexity index is 1560. The Kier molecular flexibility index (Phi) is 12.0. The van der Waals surface area contributed by atoms with Gasteiger partial charge in [-0.2, -0.15) is 0 Å². The summed E-state index contributed by atoms with van der Waals surface area (Å²) >= 11 is 13.0. The zero-order valence-corrected chi connectivity index (χ0v) is 28.0. The maximum atomic E-state index is 14.4. The van der Waals surface area contributed by atoms with E-state index in [4.69, 9.17) is 32.7 Å². The van der Waals surface area contributed by atoms with E-state index >= 15 is 0 Å². The first-order valence-electron chi connectivity index (χ1n) is 14.9. The number of carbonyl (C=O) groups excluding carboxylic acids is 2. The van der Waals surface area contributed by atoms with E-state index in [-0.39, 0.29) is 34.8 Å². The molecule has 1 unspecified atom stereocenters. The first-order chi connectivity index (χ1) is 21.6. The zero-order valence-electron chi connectivity index (χ0n) is 25.7. The molecule has 12 heteroatoms. The number of hydrogen-bond donors (Lipinski definition) is 1. The summed E-state index contributed by atoms with van der Waals surface area (Å²) in [6, 6.07) is 16.7. The van der Waals surface area contributed by atoms with Gasteiger partial charge in [-0.05, 0) is 55.7 Å². The van der Waals surface area contributed by atoms with E-state index in [1.165, 1.54) is 37.3 Å². The second-order valence-electron chi connectivity index (χ2n) is 10.9. The molecule has 1 aliphatic rings. The van der Waals surface area contributed by atoms with Crippen LogP contribution in [0.3, 0.4) is 0 Å². The number of nitrogens with one attached hydrogen (secondary N) is 1. The lowest BCUT2D eigenvalue weighted by Crippen LogP contribution is -2.54. The highest BCUT2D eigenvalue weighted by molar-refractivity contribution is 7.92. The molecule has 3 aromatic carbocycles. The SMILES string of the molecule is CCC(C(=O)NC1CCCCC1)N(Cc1c(Cl)cccc1Cl)C(=O)CN(c1ccccc1)S(=O)(=O)c1ccc(OC)c(OC)c1. The zero-order chi connectivity index (χ0) is 32.6. The topological polar surface area (TPSA) is 105 Å². The van der Waals surface area contributed by atoms with Gasteiger partial charge in [0.1, 0.15) is 12.6 Å². The molecule has 0 spiro atoms. The minimum absolute atomic E-state index is 0.0207. The highest BCUT2D eigenvalue weighted by atomic mass is 35.5. The smallest absolute Gasteiger partial charge is 0.264 e. The molecule has 0 heterocycles. The Balaban J connectivity index is 1.74. The van der Waals surface area contributed by atoms with Crippen LogP contribution in [0.1, 0.15) is 51.0 Å². The molecular weight excluding hydrogens is 637 g/mol. The molecule has 4 rings (SSSR count). The molecule has 3 aromatic rings. The quantitative estimate of drug-likeness (QED) is 0.223. The van der Waals surface area contributed by atoms with Crippen LogP contribution < -0.4 is 19.1 Å². The molecule has 0 bridgehead atoms. The fourth-order valence-electron chi connectivity index (χ4n) is 5.54. The van der Waals surface area contributed by atoms with Gasteiger partial charge < -0.3 is 19.7 Å². The number of rotatable bonds is 13. The largest absolute Gasteiger partial charge is 0.493 e. The van der Waals surface area contributed by atoms with Crippen molar-refractivity contribution >= 4 is 50.7 Å². The molecule has 1 aliphatic carbocycles. The molecule has 45 heavy (non-hydrogen) atoms. The van der Waals surface area contributed by atoms with Gasteiger partial charge in [-0.25, -0.2) is 8.42 Å². The van der Waals surface area contributed by atoms with Crippen LogP contribution in [0.15, 0.2) is 71.6 Å². The molecule has 0 aromatic heterocycles. The van der Waals surface area contributed by atoms with Crippen LogP contribution in [-0.4, -0.2) is 58.0 Å². The Morgan fingerprint density at radius 2 is 1.56 bits per heavy atom. The van der Waals surface area contributed by atoms with Gasteiger partial charge in [-0.1, -0.05) is 73.7 Å². The number of sulfonamides is 1. The van der Waals surface area contributed by atoms with Crippen molar-refractivity contribution in [3.05, 3.63) is 82.3 Å². The summed E-state index contributed by atoms with van der Waals surface area (Å²) in [6.45, 7) is 1.14. The van der Waals surface area contributed by atoms with Crippen molar-refractivity contribution in [2.75, 3.05) is 25.1 Å². The standard InChI is InChI=1S/C33H39Cl2N3O6S/c1-4-29(33(40)36-23-12-7-5-8-13-23)37(21-26-27(34)16-11-17-28(26)35)32(39)22-38(24-14-9-6-10-15-24)45(41,42)25-18-19-30(43-2)31(20-25)44-3/h6,9-11,14-20,23,29H,4-5,7-8,12-13,21-22H2,1-3H3,(H,36,40). The summed E-state index contributed by atoms with van der Waals surface area (Å²) in [4.78, 5) is 29.4. The highest BCUT2D eigenvalue weighted by Crippen LogP contribution is 2.33. The van der Waals surface area contributed by atoms with Crippen LogP contribution in [-0.2, 0) is 26.2 Å². The van der Waals surface area contributed by atoms with Crippen LogP contribution in [0.4, 0.5) is 5.69 Å². The van der Waals surface area contributed by atoms with E-state index in [1.807, 2.05) is 6.92 Å². The molecule has 0 radical (unpaired) electrons.